The first-order valence-corrected chi connectivity index (χ1v) is 8.96. The molecule has 0 saturated carbocycles. The van der Waals surface area contributed by atoms with Crippen molar-refractivity contribution in [3.63, 3.8) is 0 Å². The van der Waals surface area contributed by atoms with Gasteiger partial charge < -0.3 is 20.7 Å². The minimum Gasteiger partial charge on any atom is -0.383 e. The van der Waals surface area contributed by atoms with Crippen molar-refractivity contribution < 1.29 is 9.53 Å². The van der Waals surface area contributed by atoms with Crippen molar-refractivity contribution in [3.05, 3.63) is 60.7 Å². The Balaban J connectivity index is 1.84. The Bertz CT molecular complexity index is 914. The summed E-state index contributed by atoms with van der Waals surface area (Å²) in [5, 5.41) is 9.22. The van der Waals surface area contributed by atoms with Crippen LogP contribution in [0.15, 0.2) is 60.7 Å². The zero-order valence-electron chi connectivity index (χ0n) is 15.9. The van der Waals surface area contributed by atoms with Crippen molar-refractivity contribution in [2.45, 2.75) is 6.92 Å². The van der Waals surface area contributed by atoms with Crippen LogP contribution in [0, 0.1) is 0 Å². The number of amides is 1. The van der Waals surface area contributed by atoms with Crippen LogP contribution in [-0.4, -0.2) is 36.1 Å². The van der Waals surface area contributed by atoms with Crippen molar-refractivity contribution >= 4 is 29.0 Å². The van der Waals surface area contributed by atoms with Gasteiger partial charge >= 0.3 is 0 Å². The maximum Gasteiger partial charge on any atom is 0.225 e. The zero-order valence-corrected chi connectivity index (χ0v) is 15.9. The smallest absolute Gasteiger partial charge is 0.225 e. The first-order valence-electron chi connectivity index (χ1n) is 8.96. The van der Waals surface area contributed by atoms with Gasteiger partial charge in [-0.05, 0) is 24.3 Å². The van der Waals surface area contributed by atoms with E-state index in [2.05, 4.69) is 25.9 Å². The molecule has 7 heteroatoms. The number of nitrogens with one attached hydrogen (secondary N) is 3. The summed E-state index contributed by atoms with van der Waals surface area (Å²) in [6, 6.07) is 19.3. The van der Waals surface area contributed by atoms with Gasteiger partial charge in [-0.1, -0.05) is 30.3 Å². The van der Waals surface area contributed by atoms with E-state index in [1.54, 1.807) is 7.11 Å². The maximum absolute atomic E-state index is 11.1. The van der Waals surface area contributed by atoms with E-state index >= 15 is 0 Å². The molecule has 0 atom stereocenters. The first kappa shape index (κ1) is 19.3. The third-order valence-electron chi connectivity index (χ3n) is 3.86. The third-order valence-corrected chi connectivity index (χ3v) is 3.86. The van der Waals surface area contributed by atoms with Gasteiger partial charge in [-0.15, -0.1) is 0 Å². The molecule has 28 heavy (non-hydrogen) atoms. The Morgan fingerprint density at radius 2 is 1.71 bits per heavy atom. The summed E-state index contributed by atoms with van der Waals surface area (Å²) in [5.41, 5.74) is 3.42. The van der Waals surface area contributed by atoms with Crippen molar-refractivity contribution in [3.8, 4) is 11.3 Å². The second-order valence-corrected chi connectivity index (χ2v) is 6.13. The first-order chi connectivity index (χ1) is 13.6. The van der Waals surface area contributed by atoms with Gasteiger partial charge in [0.1, 0.15) is 5.82 Å². The van der Waals surface area contributed by atoms with Crippen LogP contribution in [0.4, 0.5) is 23.1 Å². The summed E-state index contributed by atoms with van der Waals surface area (Å²) in [5.74, 6) is 1.09. The Hall–Kier alpha value is -3.45. The Morgan fingerprint density at radius 3 is 2.39 bits per heavy atom. The molecule has 1 aromatic heterocycles. The fourth-order valence-electron chi connectivity index (χ4n) is 2.60. The molecule has 0 aliphatic rings. The lowest BCUT2D eigenvalue weighted by atomic mass is 10.1. The van der Waals surface area contributed by atoms with Gasteiger partial charge in [-0.2, -0.15) is 4.98 Å². The maximum atomic E-state index is 11.1. The summed E-state index contributed by atoms with van der Waals surface area (Å²) in [6.45, 7) is 2.65. The molecule has 3 aromatic rings. The molecule has 0 spiro atoms. The molecule has 0 fully saturated rings. The Morgan fingerprint density at radius 1 is 1.00 bits per heavy atom. The van der Waals surface area contributed by atoms with E-state index in [1.807, 2.05) is 60.7 Å². The van der Waals surface area contributed by atoms with Gasteiger partial charge in [-0.25, -0.2) is 4.98 Å². The van der Waals surface area contributed by atoms with Crippen LogP contribution in [0.3, 0.4) is 0 Å². The van der Waals surface area contributed by atoms with Crippen molar-refractivity contribution in [1.29, 1.82) is 0 Å². The number of hydrogen-bond donors (Lipinski definition) is 3. The Labute approximate surface area is 164 Å². The van der Waals surface area contributed by atoms with Gasteiger partial charge in [-0.3, -0.25) is 4.79 Å². The normalized spacial score (nSPS) is 10.4. The summed E-state index contributed by atoms with van der Waals surface area (Å²) in [6.07, 6.45) is 0. The average Bonchev–Trinajstić information content (AvgIpc) is 2.70. The number of carbonyl (C=O) groups is 1. The van der Waals surface area contributed by atoms with Gasteiger partial charge in [0.25, 0.3) is 0 Å². The predicted octanol–water partition coefficient (Wildman–Crippen LogP) is 3.90. The summed E-state index contributed by atoms with van der Waals surface area (Å²) in [4.78, 5) is 20.3. The molecule has 144 valence electrons. The number of ether oxygens (including phenoxy) is 1. The summed E-state index contributed by atoms with van der Waals surface area (Å²) < 4.78 is 5.08. The van der Waals surface area contributed by atoms with E-state index < -0.39 is 0 Å². The minimum absolute atomic E-state index is 0.101. The number of benzene rings is 2. The monoisotopic (exact) mass is 377 g/mol. The second-order valence-electron chi connectivity index (χ2n) is 6.13. The molecular formula is C21H23N5O2. The van der Waals surface area contributed by atoms with E-state index in [0.29, 0.717) is 24.9 Å². The SMILES string of the molecule is COCCNc1nc(Nc2ccc(NC(C)=O)cc2)cc(-c2ccccc2)n1. The van der Waals surface area contributed by atoms with Crippen LogP contribution < -0.4 is 16.0 Å². The highest BCUT2D eigenvalue weighted by Crippen LogP contribution is 2.24. The number of nitrogens with zero attached hydrogens (tertiary/aromatic N) is 2. The number of aromatic nitrogens is 2. The van der Waals surface area contributed by atoms with Gasteiger partial charge in [0.2, 0.25) is 11.9 Å². The van der Waals surface area contributed by atoms with Crippen LogP contribution in [0.5, 0.6) is 0 Å². The molecule has 0 bridgehead atoms. The van der Waals surface area contributed by atoms with Crippen molar-refractivity contribution in [2.24, 2.45) is 0 Å². The molecule has 0 aliphatic carbocycles. The minimum atomic E-state index is -0.101. The molecule has 1 heterocycles. The van der Waals surface area contributed by atoms with Crippen molar-refractivity contribution in [2.75, 3.05) is 36.2 Å². The highest BCUT2D eigenvalue weighted by atomic mass is 16.5. The van der Waals surface area contributed by atoms with Crippen LogP contribution >= 0.6 is 0 Å². The van der Waals surface area contributed by atoms with Crippen LogP contribution in [0.1, 0.15) is 6.92 Å². The van der Waals surface area contributed by atoms with Gasteiger partial charge in [0.15, 0.2) is 0 Å². The molecule has 1 amide bonds. The molecule has 7 nitrogen and oxygen atoms in total. The lowest BCUT2D eigenvalue weighted by Gasteiger charge is -2.12. The third kappa shape index (κ3) is 5.52. The number of hydrogen-bond acceptors (Lipinski definition) is 6. The lowest BCUT2D eigenvalue weighted by molar-refractivity contribution is -0.114. The standard InChI is InChI=1S/C21H23N5O2/c1-15(27)23-17-8-10-18(11-9-17)24-20-14-19(16-6-4-3-5-7-16)25-21(26-20)22-12-13-28-2/h3-11,14H,12-13H2,1-2H3,(H,23,27)(H2,22,24,25,26). The van der Waals surface area contributed by atoms with Crippen molar-refractivity contribution in [1.82, 2.24) is 9.97 Å². The average molecular weight is 377 g/mol. The van der Waals surface area contributed by atoms with E-state index in [9.17, 15) is 4.79 Å². The molecule has 0 saturated heterocycles. The number of carbonyl (C=O) groups excluding carboxylic acids is 1. The molecule has 0 aliphatic heterocycles. The topological polar surface area (TPSA) is 88.2 Å². The second kappa shape index (κ2) is 9.48. The molecule has 0 radical (unpaired) electrons. The van der Waals surface area contributed by atoms with E-state index in [1.165, 1.54) is 6.92 Å². The molecule has 3 rings (SSSR count). The fraction of sp³-hybridized carbons (Fsp3) is 0.190. The van der Waals surface area contributed by atoms with Gasteiger partial charge in [0.05, 0.1) is 12.3 Å². The molecule has 2 aromatic carbocycles. The molecule has 3 N–H and O–H groups in total. The summed E-state index contributed by atoms with van der Waals surface area (Å²) >= 11 is 0. The number of anilines is 4. The zero-order chi connectivity index (χ0) is 19.8. The highest BCUT2D eigenvalue weighted by Gasteiger charge is 2.07. The fourth-order valence-corrected chi connectivity index (χ4v) is 2.60. The lowest BCUT2D eigenvalue weighted by Crippen LogP contribution is -2.11. The predicted molar refractivity (Wildman–Crippen MR) is 112 cm³/mol. The van der Waals surface area contributed by atoms with Crippen LogP contribution in [-0.2, 0) is 9.53 Å². The van der Waals surface area contributed by atoms with Crippen LogP contribution in [0.25, 0.3) is 11.3 Å². The van der Waals surface area contributed by atoms with E-state index in [0.717, 1.165) is 22.6 Å². The summed E-state index contributed by atoms with van der Waals surface area (Å²) in [7, 11) is 1.65. The quantitative estimate of drug-likeness (QED) is 0.516. The number of rotatable bonds is 8. The number of methoxy groups -OCH3 is 1. The molecular weight excluding hydrogens is 354 g/mol. The van der Waals surface area contributed by atoms with E-state index in [-0.39, 0.29) is 5.91 Å². The van der Waals surface area contributed by atoms with Gasteiger partial charge in [0, 0.05) is 43.6 Å². The molecule has 0 unspecified atom stereocenters. The van der Waals surface area contributed by atoms with Crippen LogP contribution in [0.2, 0.25) is 0 Å². The highest BCUT2D eigenvalue weighted by molar-refractivity contribution is 5.88. The Kier molecular flexibility index (Phi) is 6.54. The largest absolute Gasteiger partial charge is 0.383 e. The van der Waals surface area contributed by atoms with E-state index in [4.69, 9.17) is 4.74 Å².